The van der Waals surface area contributed by atoms with Gasteiger partial charge in [0.2, 0.25) is 0 Å². The smallest absolute Gasteiger partial charge is 0.394 e. The molecular formula is C60H68O18Si10. The lowest BCUT2D eigenvalue weighted by molar-refractivity contribution is 0.0246. The van der Waals surface area contributed by atoms with E-state index in [1.807, 2.05) is 256 Å². The van der Waals surface area contributed by atoms with Crippen LogP contribution < -0.4 is 41.5 Å². The third-order valence-electron chi connectivity index (χ3n) is 15.4. The van der Waals surface area contributed by atoms with Crippen molar-refractivity contribution in [2.45, 2.75) is 38.0 Å². The van der Waals surface area contributed by atoms with Gasteiger partial charge in [0.25, 0.3) is 0 Å². The van der Waals surface area contributed by atoms with E-state index in [1.54, 1.807) is 0 Å². The van der Waals surface area contributed by atoms with Gasteiger partial charge in [0.15, 0.2) is 0 Å². The van der Waals surface area contributed by atoms with Crippen LogP contribution in [0.2, 0.25) is 25.2 Å². The van der Waals surface area contributed by atoms with Crippen molar-refractivity contribution in [1.29, 1.82) is 0 Å². The quantitative estimate of drug-likeness (QED) is 0.0823. The summed E-state index contributed by atoms with van der Waals surface area (Å²) in [6.45, 7) is 4.37. The Morgan fingerprint density at radius 1 is 0.239 bits per heavy atom. The monoisotopic (exact) mass is 1360 g/mol. The number of benzene rings is 8. The zero-order valence-corrected chi connectivity index (χ0v) is 58.6. The summed E-state index contributed by atoms with van der Waals surface area (Å²) in [6, 6.07) is 77.2. The van der Waals surface area contributed by atoms with Gasteiger partial charge in [0, 0.05) is 54.7 Å². The van der Waals surface area contributed by atoms with Gasteiger partial charge in [-0.25, -0.2) is 0 Å². The molecule has 0 aromatic heterocycles. The van der Waals surface area contributed by atoms with Crippen LogP contribution in [0, 0.1) is 0 Å². The van der Waals surface area contributed by atoms with E-state index in [0.717, 1.165) is 0 Å². The van der Waals surface area contributed by atoms with E-state index in [0.29, 0.717) is 54.3 Å². The maximum absolute atomic E-state index is 9.95. The van der Waals surface area contributed by atoms with Gasteiger partial charge in [-0.2, -0.15) is 0 Å². The Bertz CT molecular complexity index is 3100. The molecule has 6 aliphatic heterocycles. The molecule has 0 spiro atoms. The Hall–Kier alpha value is -4.79. The molecule has 6 heterocycles. The highest BCUT2D eigenvalue weighted by Gasteiger charge is 2.83. The number of rotatable bonds is 20. The SMILES string of the molecule is C[Si]1(CCCOCCO)O[Si]2(c3ccccc3)O[Si]3(c4ccccc4)O[Si]4(c5ccccc5)O[Si](C)(CCCOCCO)O[Si]5(c6ccccc6)O[Si](c6ccccc6)(O[Si](c6ccccc6)(O1)O[Si](c1ccccc1)(O5)O[Si](c1ccccc1)(O2)O4)O3. The van der Waals surface area contributed by atoms with Gasteiger partial charge < -0.3 is 77.3 Å². The van der Waals surface area contributed by atoms with Gasteiger partial charge in [0.05, 0.1) is 26.4 Å². The Morgan fingerprint density at radius 2 is 0.398 bits per heavy atom. The van der Waals surface area contributed by atoms with E-state index >= 15 is 0 Å². The first-order valence-electron chi connectivity index (χ1n) is 29.5. The average Bonchev–Trinajstić information content (AvgIpc) is 0.685. The lowest BCUT2D eigenvalue weighted by Gasteiger charge is -2.61. The molecule has 14 rings (SSSR count). The van der Waals surface area contributed by atoms with E-state index in [2.05, 4.69) is 0 Å². The zero-order chi connectivity index (χ0) is 60.3. The number of hydrogen-bond acceptors (Lipinski definition) is 18. The first-order valence-corrected chi connectivity index (χ1v) is 48.3. The predicted molar refractivity (Wildman–Crippen MR) is 348 cm³/mol. The van der Waals surface area contributed by atoms with Crippen molar-refractivity contribution in [2.24, 2.45) is 0 Å². The number of aliphatic hydroxyl groups excluding tert-OH is 2. The molecule has 8 bridgehead atoms. The molecule has 6 aliphatic rings. The van der Waals surface area contributed by atoms with Crippen LogP contribution in [0.1, 0.15) is 12.8 Å². The second-order valence-electron chi connectivity index (χ2n) is 22.0. The summed E-state index contributed by atoms with van der Waals surface area (Å²) >= 11 is 0. The van der Waals surface area contributed by atoms with Crippen molar-refractivity contribution in [1.82, 2.24) is 0 Å². The normalized spacial score (nSPS) is 32.7. The van der Waals surface area contributed by atoms with Gasteiger partial charge in [-0.3, -0.25) is 0 Å². The van der Waals surface area contributed by atoms with Crippen molar-refractivity contribution < 1.29 is 77.3 Å². The van der Waals surface area contributed by atoms with Crippen LogP contribution >= 0.6 is 0 Å². The maximum atomic E-state index is 9.95. The minimum absolute atomic E-state index is 0.123. The molecule has 6 saturated heterocycles. The van der Waals surface area contributed by atoms with Gasteiger partial charge >= 0.3 is 87.6 Å². The van der Waals surface area contributed by atoms with Crippen LogP contribution in [-0.4, -0.2) is 137 Å². The predicted octanol–water partition coefficient (Wildman–Crippen LogP) is 4.00. The topological polar surface area (TPSA) is 188 Å². The highest BCUT2D eigenvalue weighted by atomic mass is 28.6. The first-order chi connectivity index (χ1) is 42.9. The lowest BCUT2D eigenvalue weighted by Crippen LogP contribution is -2.93. The van der Waals surface area contributed by atoms with Crippen LogP contribution in [0.3, 0.4) is 0 Å². The Labute approximate surface area is 523 Å². The van der Waals surface area contributed by atoms with Crippen molar-refractivity contribution >= 4 is 129 Å². The van der Waals surface area contributed by atoms with Crippen LogP contribution in [0.5, 0.6) is 0 Å². The third-order valence-corrected chi connectivity index (χ3v) is 59.0. The van der Waals surface area contributed by atoms with Gasteiger partial charge in [0.1, 0.15) is 0 Å². The molecule has 0 unspecified atom stereocenters. The highest BCUT2D eigenvalue weighted by Crippen LogP contribution is 2.48. The van der Waals surface area contributed by atoms with Crippen LogP contribution in [-0.2, 0) is 67.1 Å². The summed E-state index contributed by atoms with van der Waals surface area (Å²) in [5, 5.41) is 23.8. The number of aliphatic hydroxyl groups is 2. The number of ether oxygens (including phenoxy) is 2. The molecule has 2 N–H and O–H groups in total. The minimum Gasteiger partial charge on any atom is -0.394 e. The standard InChI is InChI=1S/C60H68O18Si10/c1-79(51-27-47-63-49-45-61)65-81(53-29-11-3-12-30-53)69-85(57-37-19-7-20-38-57)73-83(55-33-15-5-16-34-55)67-80(2,52-28-48-64-50-46-62)68-84(56-35-17-6-18-36-56)75-87(77-85,59-41-23-9-24-42-59)71-82(66-79,54-31-13-4-14-32-54)72-88(76-84,60-43-25-10-26-44-60)78-86(70-81,74-83)58-39-21-8-22-40-58/h3-26,29-44,61-62H,27-28,45-52H2,1-2H3. The molecule has 0 aliphatic carbocycles. The number of hydrogen-bond donors (Lipinski definition) is 2. The lowest BCUT2D eigenvalue weighted by atomic mass is 10.4. The van der Waals surface area contributed by atoms with Crippen molar-refractivity contribution in [3.63, 3.8) is 0 Å². The largest absolute Gasteiger partial charge is 0.515 e. The minimum atomic E-state index is -5.24. The van der Waals surface area contributed by atoms with Gasteiger partial charge in [-0.05, 0) is 38.0 Å². The van der Waals surface area contributed by atoms with E-state index in [9.17, 15) is 10.2 Å². The highest BCUT2D eigenvalue weighted by molar-refractivity contribution is 7.12. The average molecular weight is 1360 g/mol. The molecule has 8 aromatic carbocycles. The van der Waals surface area contributed by atoms with E-state index < -0.39 is 87.6 Å². The maximum Gasteiger partial charge on any atom is 0.515 e. The summed E-state index contributed by atoms with van der Waals surface area (Å²) in [4.78, 5) is 0. The van der Waals surface area contributed by atoms with E-state index in [4.69, 9.17) is 67.1 Å². The molecule has 0 radical (unpaired) electrons. The summed E-state index contributed by atoms with van der Waals surface area (Å²) in [5.74, 6) is 0. The molecule has 456 valence electrons. The Balaban J connectivity index is 1.28. The van der Waals surface area contributed by atoms with Crippen LogP contribution in [0.15, 0.2) is 243 Å². The summed E-state index contributed by atoms with van der Waals surface area (Å²) < 4.78 is 131. The third kappa shape index (κ3) is 12.2. The fraction of sp³-hybridized carbons (Fsp3) is 0.200. The summed E-state index contributed by atoms with van der Waals surface area (Å²) in [5.41, 5.74) is 0. The Kier molecular flexibility index (Phi) is 18.1. The van der Waals surface area contributed by atoms with E-state index in [-0.39, 0.29) is 51.7 Å². The first kappa shape index (κ1) is 62.0. The second-order valence-corrected chi connectivity index (χ2v) is 52.4. The van der Waals surface area contributed by atoms with Gasteiger partial charge in [-0.1, -0.05) is 243 Å². The molecule has 0 amide bonds. The molecule has 28 heteroatoms. The molecular weight excluding hydrogens is 1290 g/mol. The molecule has 6 fully saturated rings. The molecule has 8 aromatic rings. The van der Waals surface area contributed by atoms with Crippen molar-refractivity contribution in [2.75, 3.05) is 39.6 Å². The molecule has 18 nitrogen and oxygen atoms in total. The molecule has 0 atom stereocenters. The fourth-order valence-electron chi connectivity index (χ4n) is 11.5. The number of fused-ring (bicyclic) bond motifs is 4. The molecule has 88 heavy (non-hydrogen) atoms. The van der Waals surface area contributed by atoms with Gasteiger partial charge in [-0.15, -0.1) is 0 Å². The van der Waals surface area contributed by atoms with Crippen LogP contribution in [0.25, 0.3) is 0 Å². The van der Waals surface area contributed by atoms with Crippen LogP contribution in [0.4, 0.5) is 0 Å². The summed E-state index contributed by atoms with van der Waals surface area (Å²) in [6.07, 6.45) is 0.784. The van der Waals surface area contributed by atoms with Crippen molar-refractivity contribution in [3.05, 3.63) is 243 Å². The van der Waals surface area contributed by atoms with Crippen molar-refractivity contribution in [3.8, 4) is 0 Å². The summed E-state index contributed by atoms with van der Waals surface area (Å²) in [7, 11) is -49.6. The Morgan fingerprint density at radius 3 is 0.557 bits per heavy atom. The van der Waals surface area contributed by atoms with E-state index in [1.165, 1.54) is 0 Å². The molecule has 0 saturated carbocycles. The second kappa shape index (κ2) is 25.7. The fourth-order valence-corrected chi connectivity index (χ4v) is 68.2. The zero-order valence-electron chi connectivity index (χ0n) is 48.6.